The van der Waals surface area contributed by atoms with Crippen molar-refractivity contribution in [2.24, 2.45) is 52.3 Å². The molecule has 4 saturated carbocycles. The molecule has 32 heavy (non-hydrogen) atoms. The standard InChI is InChI=1S/C25H44O5S.Na/c1-5-17-21-14-16(26)8-11-25(21,4)20-9-12-24(3)18(15(2)10-13-31(28,29)30)6-7-19(24)22(20)23(17)27;/h15-23,26-27H,5-14H2,1-4H3,(H,28,29,30);/q;+1/p-1/t15-,16-,17-,18-,19+,20+,21+,22+,23-,24-,25-;/m1./s1. The second-order valence-corrected chi connectivity index (χ2v) is 13.7. The van der Waals surface area contributed by atoms with Crippen molar-refractivity contribution < 1.29 is 52.7 Å². The summed E-state index contributed by atoms with van der Waals surface area (Å²) in [6.07, 6.45) is 8.09. The molecule has 7 heteroatoms. The minimum atomic E-state index is -4.17. The van der Waals surface area contributed by atoms with E-state index in [4.69, 9.17) is 0 Å². The van der Waals surface area contributed by atoms with Crippen LogP contribution in [0.25, 0.3) is 0 Å². The Hall–Kier alpha value is 0.830. The number of rotatable bonds is 5. The first kappa shape index (κ1) is 27.4. The third kappa shape index (κ3) is 4.53. The first-order chi connectivity index (χ1) is 14.4. The zero-order chi connectivity index (χ0) is 22.8. The first-order valence-electron chi connectivity index (χ1n) is 12.7. The largest absolute Gasteiger partial charge is 1.00 e. The number of hydrogen-bond acceptors (Lipinski definition) is 5. The Morgan fingerprint density at radius 1 is 1.00 bits per heavy atom. The zero-order valence-electron chi connectivity index (χ0n) is 20.8. The molecule has 4 rings (SSSR count). The summed E-state index contributed by atoms with van der Waals surface area (Å²) in [6, 6.07) is 0. The van der Waals surface area contributed by atoms with Gasteiger partial charge in [0.1, 0.15) is 0 Å². The summed E-state index contributed by atoms with van der Waals surface area (Å²) in [5.41, 5.74) is 0.315. The third-order valence-electron chi connectivity index (χ3n) is 11.0. The SMILES string of the molecule is CC[C@H]1[C@@H](O)[C@@H]2[C@H](CC[C@]3(C)[C@@H]([C@H](C)CCS(=O)(=O)[O-])CC[C@@H]23)[C@@]2(C)CC[C@@H](O)C[C@@H]12.[Na+]. The summed E-state index contributed by atoms with van der Waals surface area (Å²) in [5, 5.41) is 22.1. The summed E-state index contributed by atoms with van der Waals surface area (Å²) in [4.78, 5) is 0. The van der Waals surface area contributed by atoms with Gasteiger partial charge in [0.15, 0.2) is 0 Å². The molecule has 4 fully saturated rings. The maximum absolute atomic E-state index is 11.7. The fourth-order valence-corrected chi connectivity index (χ4v) is 10.1. The number of aliphatic hydroxyl groups excluding tert-OH is 2. The maximum Gasteiger partial charge on any atom is 1.00 e. The van der Waals surface area contributed by atoms with Gasteiger partial charge in [-0.25, -0.2) is 8.42 Å². The van der Waals surface area contributed by atoms with Crippen molar-refractivity contribution in [1.29, 1.82) is 0 Å². The van der Waals surface area contributed by atoms with Gasteiger partial charge in [0, 0.05) is 5.75 Å². The Kier molecular flexibility index (Phi) is 8.32. The fraction of sp³-hybridized carbons (Fsp3) is 1.00. The molecule has 0 bridgehead atoms. The van der Waals surface area contributed by atoms with Crippen LogP contribution in [0.2, 0.25) is 0 Å². The van der Waals surface area contributed by atoms with E-state index in [0.717, 1.165) is 51.4 Å². The van der Waals surface area contributed by atoms with E-state index in [2.05, 4.69) is 27.7 Å². The normalized spacial score (nSPS) is 49.3. The predicted octanol–water partition coefficient (Wildman–Crippen LogP) is 1.19. The van der Waals surface area contributed by atoms with E-state index in [1.54, 1.807) is 0 Å². The van der Waals surface area contributed by atoms with Crippen LogP contribution in [0.3, 0.4) is 0 Å². The molecule has 0 spiro atoms. The van der Waals surface area contributed by atoms with E-state index in [-0.39, 0.29) is 70.2 Å². The Balaban J connectivity index is 0.00000289. The molecule has 11 atom stereocenters. The molecule has 4 aliphatic rings. The van der Waals surface area contributed by atoms with E-state index in [9.17, 15) is 23.2 Å². The van der Waals surface area contributed by atoms with Gasteiger partial charge >= 0.3 is 29.6 Å². The molecule has 0 saturated heterocycles. The van der Waals surface area contributed by atoms with E-state index in [1.165, 1.54) is 0 Å². The Labute approximate surface area is 217 Å². The second kappa shape index (κ2) is 9.71. The minimum absolute atomic E-state index is 0. The summed E-state index contributed by atoms with van der Waals surface area (Å²) in [5.74, 6) is 2.32. The summed E-state index contributed by atoms with van der Waals surface area (Å²) in [6.45, 7) is 9.16. The van der Waals surface area contributed by atoms with Crippen LogP contribution in [0.5, 0.6) is 0 Å². The molecule has 0 unspecified atom stereocenters. The van der Waals surface area contributed by atoms with E-state index in [1.807, 2.05) is 0 Å². The fourth-order valence-electron chi connectivity index (χ4n) is 9.46. The average molecular weight is 479 g/mol. The maximum atomic E-state index is 11.7. The molecule has 0 amide bonds. The van der Waals surface area contributed by atoms with Gasteiger partial charge in [-0.1, -0.05) is 34.1 Å². The molecule has 2 N–H and O–H groups in total. The molecular formula is C25H43NaO5S. The molecule has 0 aromatic carbocycles. The van der Waals surface area contributed by atoms with Gasteiger partial charge in [-0.3, -0.25) is 0 Å². The molecule has 0 aromatic heterocycles. The smallest absolute Gasteiger partial charge is 0.748 e. The van der Waals surface area contributed by atoms with Crippen molar-refractivity contribution in [3.63, 3.8) is 0 Å². The van der Waals surface area contributed by atoms with Crippen LogP contribution >= 0.6 is 0 Å². The molecule has 0 heterocycles. The van der Waals surface area contributed by atoms with E-state index in [0.29, 0.717) is 36.0 Å². The van der Waals surface area contributed by atoms with Gasteiger partial charge in [-0.15, -0.1) is 0 Å². The van der Waals surface area contributed by atoms with Gasteiger partial charge in [-0.05, 0) is 104 Å². The van der Waals surface area contributed by atoms with Crippen molar-refractivity contribution in [2.75, 3.05) is 5.75 Å². The van der Waals surface area contributed by atoms with Gasteiger partial charge in [0.25, 0.3) is 0 Å². The second-order valence-electron chi connectivity index (χ2n) is 12.1. The van der Waals surface area contributed by atoms with Crippen molar-refractivity contribution in [2.45, 2.75) is 97.7 Å². The quantitative estimate of drug-likeness (QED) is 0.457. The topological polar surface area (TPSA) is 97.7 Å². The van der Waals surface area contributed by atoms with Crippen LogP contribution in [-0.2, 0) is 10.1 Å². The third-order valence-corrected chi connectivity index (χ3v) is 11.7. The van der Waals surface area contributed by atoms with Crippen LogP contribution in [0.1, 0.15) is 85.5 Å². The number of hydrogen-bond donors (Lipinski definition) is 2. The molecule has 0 aromatic rings. The Morgan fingerprint density at radius 3 is 2.25 bits per heavy atom. The summed E-state index contributed by atoms with van der Waals surface area (Å²) >= 11 is 0. The molecule has 5 nitrogen and oxygen atoms in total. The van der Waals surface area contributed by atoms with Gasteiger partial charge in [0.05, 0.1) is 22.3 Å². The number of aliphatic hydroxyl groups is 2. The van der Waals surface area contributed by atoms with Crippen molar-refractivity contribution in [3.05, 3.63) is 0 Å². The van der Waals surface area contributed by atoms with Crippen LogP contribution in [0.4, 0.5) is 0 Å². The Morgan fingerprint density at radius 2 is 1.62 bits per heavy atom. The van der Waals surface area contributed by atoms with Crippen LogP contribution in [0.15, 0.2) is 0 Å². The number of fused-ring (bicyclic) bond motifs is 5. The molecule has 0 aliphatic heterocycles. The molecular weight excluding hydrogens is 435 g/mol. The van der Waals surface area contributed by atoms with Crippen LogP contribution < -0.4 is 29.6 Å². The predicted molar refractivity (Wildman–Crippen MR) is 120 cm³/mol. The summed E-state index contributed by atoms with van der Waals surface area (Å²) in [7, 11) is -4.17. The van der Waals surface area contributed by atoms with Crippen LogP contribution in [-0.4, -0.2) is 41.1 Å². The average Bonchev–Trinajstić information content (AvgIpc) is 3.04. The van der Waals surface area contributed by atoms with Crippen molar-refractivity contribution in [1.82, 2.24) is 0 Å². The molecule has 0 radical (unpaired) electrons. The monoisotopic (exact) mass is 478 g/mol. The molecule has 4 aliphatic carbocycles. The van der Waals surface area contributed by atoms with Gasteiger partial charge < -0.3 is 14.8 Å². The van der Waals surface area contributed by atoms with Gasteiger partial charge in [-0.2, -0.15) is 0 Å². The van der Waals surface area contributed by atoms with Crippen LogP contribution in [0, 0.1) is 52.3 Å². The minimum Gasteiger partial charge on any atom is -0.748 e. The van der Waals surface area contributed by atoms with Gasteiger partial charge in [0.2, 0.25) is 0 Å². The van der Waals surface area contributed by atoms with Crippen molar-refractivity contribution >= 4 is 10.1 Å². The molecule has 180 valence electrons. The van der Waals surface area contributed by atoms with E-state index >= 15 is 0 Å². The van der Waals surface area contributed by atoms with Crippen molar-refractivity contribution in [3.8, 4) is 0 Å². The van der Waals surface area contributed by atoms with E-state index < -0.39 is 10.1 Å². The summed E-state index contributed by atoms with van der Waals surface area (Å²) < 4.78 is 33.6. The zero-order valence-corrected chi connectivity index (χ0v) is 23.6. The Bertz CT molecular complexity index is 774. The first-order valence-corrected chi connectivity index (χ1v) is 14.3.